The van der Waals surface area contributed by atoms with Crippen molar-refractivity contribution >= 4 is 17.1 Å². The Morgan fingerprint density at radius 1 is 0.941 bits per heavy atom. The largest absolute Gasteiger partial charge is 0.399 e. The average molecular weight is 229 g/mol. The minimum absolute atomic E-state index is 0.0840. The SMILES string of the molecule is Nc1ccc(-c2ccc(N)c([N+](=O)[O-])c2)cc1. The molecular formula is C12H11N3O2. The van der Waals surface area contributed by atoms with Crippen molar-refractivity contribution in [1.82, 2.24) is 0 Å². The van der Waals surface area contributed by atoms with Crippen molar-refractivity contribution < 1.29 is 4.92 Å². The Morgan fingerprint density at radius 3 is 2.12 bits per heavy atom. The Morgan fingerprint density at radius 2 is 1.53 bits per heavy atom. The Hall–Kier alpha value is -2.56. The highest BCUT2D eigenvalue weighted by atomic mass is 16.6. The van der Waals surface area contributed by atoms with E-state index in [-0.39, 0.29) is 11.4 Å². The van der Waals surface area contributed by atoms with Gasteiger partial charge in [0.1, 0.15) is 5.69 Å². The summed E-state index contributed by atoms with van der Waals surface area (Å²) < 4.78 is 0. The lowest BCUT2D eigenvalue weighted by Gasteiger charge is -2.03. The van der Waals surface area contributed by atoms with Gasteiger partial charge in [0.2, 0.25) is 0 Å². The highest BCUT2D eigenvalue weighted by molar-refractivity contribution is 5.72. The first-order valence-electron chi connectivity index (χ1n) is 4.98. The van der Waals surface area contributed by atoms with Gasteiger partial charge in [0.25, 0.3) is 5.69 Å². The van der Waals surface area contributed by atoms with Gasteiger partial charge in [-0.05, 0) is 29.3 Å². The van der Waals surface area contributed by atoms with Crippen LogP contribution in [-0.2, 0) is 0 Å². The van der Waals surface area contributed by atoms with Gasteiger partial charge in [-0.3, -0.25) is 10.1 Å². The number of hydrogen-bond acceptors (Lipinski definition) is 4. The van der Waals surface area contributed by atoms with E-state index in [1.807, 2.05) is 12.1 Å². The molecule has 0 radical (unpaired) electrons. The van der Waals surface area contributed by atoms with Crippen LogP contribution in [0.2, 0.25) is 0 Å². The zero-order valence-electron chi connectivity index (χ0n) is 8.96. The van der Waals surface area contributed by atoms with Crippen molar-refractivity contribution in [1.29, 1.82) is 0 Å². The van der Waals surface area contributed by atoms with Gasteiger partial charge in [-0.1, -0.05) is 18.2 Å². The van der Waals surface area contributed by atoms with E-state index in [9.17, 15) is 10.1 Å². The maximum Gasteiger partial charge on any atom is 0.292 e. The maximum absolute atomic E-state index is 10.8. The van der Waals surface area contributed by atoms with Crippen LogP contribution < -0.4 is 11.5 Å². The lowest BCUT2D eigenvalue weighted by atomic mass is 10.0. The van der Waals surface area contributed by atoms with Crippen LogP contribution in [0.4, 0.5) is 17.1 Å². The second-order valence-electron chi connectivity index (χ2n) is 3.65. The number of anilines is 2. The van der Waals surface area contributed by atoms with Crippen molar-refractivity contribution in [3.8, 4) is 11.1 Å². The van der Waals surface area contributed by atoms with Crippen LogP contribution in [0.15, 0.2) is 42.5 Å². The summed E-state index contributed by atoms with van der Waals surface area (Å²) >= 11 is 0. The van der Waals surface area contributed by atoms with Gasteiger partial charge in [-0.25, -0.2) is 0 Å². The molecule has 4 N–H and O–H groups in total. The molecule has 0 aliphatic heterocycles. The molecule has 2 aromatic carbocycles. The van der Waals surface area contributed by atoms with Gasteiger partial charge < -0.3 is 11.5 Å². The topological polar surface area (TPSA) is 95.2 Å². The minimum Gasteiger partial charge on any atom is -0.399 e. The van der Waals surface area contributed by atoms with Gasteiger partial charge >= 0.3 is 0 Å². The van der Waals surface area contributed by atoms with E-state index in [0.717, 1.165) is 11.1 Å². The van der Waals surface area contributed by atoms with E-state index in [2.05, 4.69) is 0 Å². The average Bonchev–Trinajstić information content (AvgIpc) is 2.30. The quantitative estimate of drug-likeness (QED) is 0.469. The number of rotatable bonds is 2. The van der Waals surface area contributed by atoms with E-state index >= 15 is 0 Å². The fraction of sp³-hybridized carbons (Fsp3) is 0. The van der Waals surface area contributed by atoms with Crippen LogP contribution in [0, 0.1) is 10.1 Å². The van der Waals surface area contributed by atoms with Crippen molar-refractivity contribution in [3.63, 3.8) is 0 Å². The molecule has 0 heterocycles. The van der Waals surface area contributed by atoms with E-state index < -0.39 is 4.92 Å². The highest BCUT2D eigenvalue weighted by Crippen LogP contribution is 2.28. The summed E-state index contributed by atoms with van der Waals surface area (Å²) in [7, 11) is 0. The Kier molecular flexibility index (Phi) is 2.66. The normalized spacial score (nSPS) is 10.1. The van der Waals surface area contributed by atoms with Crippen molar-refractivity contribution in [2.24, 2.45) is 0 Å². The molecule has 17 heavy (non-hydrogen) atoms. The molecule has 0 aromatic heterocycles. The van der Waals surface area contributed by atoms with Crippen LogP contribution in [-0.4, -0.2) is 4.92 Å². The molecule has 0 aliphatic carbocycles. The summed E-state index contributed by atoms with van der Waals surface area (Å²) in [6, 6.07) is 11.8. The predicted molar refractivity (Wildman–Crippen MR) is 67.4 cm³/mol. The summed E-state index contributed by atoms with van der Waals surface area (Å²) in [6.07, 6.45) is 0. The third-order valence-electron chi connectivity index (χ3n) is 2.47. The lowest BCUT2D eigenvalue weighted by Crippen LogP contribution is -1.95. The summed E-state index contributed by atoms with van der Waals surface area (Å²) in [5.41, 5.74) is 13.4. The molecule has 0 saturated heterocycles. The highest BCUT2D eigenvalue weighted by Gasteiger charge is 2.12. The van der Waals surface area contributed by atoms with Crippen molar-refractivity contribution in [2.45, 2.75) is 0 Å². The molecule has 0 atom stereocenters. The third-order valence-corrected chi connectivity index (χ3v) is 2.47. The monoisotopic (exact) mass is 229 g/mol. The first kappa shape index (κ1) is 10.9. The molecule has 2 rings (SSSR count). The molecule has 0 fully saturated rings. The number of benzene rings is 2. The molecule has 0 saturated carbocycles. The zero-order valence-corrected chi connectivity index (χ0v) is 8.96. The molecule has 5 nitrogen and oxygen atoms in total. The second-order valence-corrected chi connectivity index (χ2v) is 3.65. The molecule has 86 valence electrons. The molecule has 0 unspecified atom stereocenters. The Bertz CT molecular complexity index is 564. The number of hydrogen-bond donors (Lipinski definition) is 2. The zero-order chi connectivity index (χ0) is 12.4. The smallest absolute Gasteiger partial charge is 0.292 e. The first-order valence-corrected chi connectivity index (χ1v) is 4.98. The number of nitrogens with zero attached hydrogens (tertiary/aromatic N) is 1. The van der Waals surface area contributed by atoms with E-state index in [0.29, 0.717) is 5.69 Å². The van der Waals surface area contributed by atoms with Crippen LogP contribution >= 0.6 is 0 Å². The molecule has 2 aromatic rings. The second kappa shape index (κ2) is 4.13. The van der Waals surface area contributed by atoms with Gasteiger partial charge in [-0.2, -0.15) is 0 Å². The number of nitro benzene ring substituents is 1. The van der Waals surface area contributed by atoms with Crippen molar-refractivity contribution in [2.75, 3.05) is 11.5 Å². The van der Waals surface area contributed by atoms with E-state index in [1.54, 1.807) is 18.2 Å². The molecule has 0 spiro atoms. The van der Waals surface area contributed by atoms with Gasteiger partial charge in [0, 0.05) is 11.8 Å². The minimum atomic E-state index is -0.490. The van der Waals surface area contributed by atoms with E-state index in [4.69, 9.17) is 11.5 Å². The first-order chi connectivity index (χ1) is 8.08. The van der Waals surface area contributed by atoms with Crippen LogP contribution in [0.5, 0.6) is 0 Å². The Balaban J connectivity index is 2.50. The summed E-state index contributed by atoms with van der Waals surface area (Å²) in [4.78, 5) is 10.3. The van der Waals surface area contributed by atoms with E-state index in [1.165, 1.54) is 12.1 Å². The van der Waals surface area contributed by atoms with Crippen molar-refractivity contribution in [3.05, 3.63) is 52.6 Å². The van der Waals surface area contributed by atoms with Crippen LogP contribution in [0.3, 0.4) is 0 Å². The molecule has 5 heteroatoms. The number of nitro groups is 1. The molecular weight excluding hydrogens is 218 g/mol. The van der Waals surface area contributed by atoms with Crippen LogP contribution in [0.1, 0.15) is 0 Å². The number of nitrogens with two attached hydrogens (primary N) is 2. The molecule has 0 bridgehead atoms. The summed E-state index contributed by atoms with van der Waals surface area (Å²) in [6.45, 7) is 0. The Labute approximate surface area is 97.8 Å². The maximum atomic E-state index is 10.8. The fourth-order valence-electron chi connectivity index (χ4n) is 1.56. The predicted octanol–water partition coefficient (Wildman–Crippen LogP) is 2.43. The summed E-state index contributed by atoms with van der Waals surface area (Å²) in [5, 5.41) is 10.8. The van der Waals surface area contributed by atoms with Gasteiger partial charge in [-0.15, -0.1) is 0 Å². The van der Waals surface area contributed by atoms with Gasteiger partial charge in [0.15, 0.2) is 0 Å². The molecule has 0 aliphatic rings. The standard InChI is InChI=1S/C12H11N3O2/c13-10-4-1-8(2-5-10)9-3-6-11(14)12(7-9)15(16)17/h1-7H,13-14H2. The fourth-order valence-corrected chi connectivity index (χ4v) is 1.56. The number of nitrogen functional groups attached to an aromatic ring is 2. The van der Waals surface area contributed by atoms with Gasteiger partial charge in [0.05, 0.1) is 4.92 Å². The van der Waals surface area contributed by atoms with Crippen LogP contribution in [0.25, 0.3) is 11.1 Å². The summed E-state index contributed by atoms with van der Waals surface area (Å²) in [5.74, 6) is 0. The lowest BCUT2D eigenvalue weighted by molar-refractivity contribution is -0.383. The molecule has 0 amide bonds. The third kappa shape index (κ3) is 2.17.